The second-order valence-electron chi connectivity index (χ2n) is 5.44. The minimum Gasteiger partial charge on any atom is -0.467 e. The van der Waals surface area contributed by atoms with Crippen molar-refractivity contribution in [1.82, 2.24) is 4.57 Å². The molecule has 0 atom stereocenters. The van der Waals surface area contributed by atoms with Crippen molar-refractivity contribution in [2.75, 3.05) is 11.1 Å². The van der Waals surface area contributed by atoms with Gasteiger partial charge in [-0.25, -0.2) is 0 Å². The lowest BCUT2D eigenvalue weighted by molar-refractivity contribution is 0.518. The number of nitrogens with one attached hydrogen (secondary N) is 1. The summed E-state index contributed by atoms with van der Waals surface area (Å²) in [5.41, 5.74) is 10.3. The van der Waals surface area contributed by atoms with E-state index in [2.05, 4.69) is 35.1 Å². The summed E-state index contributed by atoms with van der Waals surface area (Å²) >= 11 is 0. The Morgan fingerprint density at radius 1 is 1.09 bits per heavy atom. The van der Waals surface area contributed by atoms with Gasteiger partial charge in [-0.1, -0.05) is 18.2 Å². The van der Waals surface area contributed by atoms with Gasteiger partial charge in [0.2, 0.25) is 0 Å². The Bertz CT molecular complexity index is 951. The Morgan fingerprint density at radius 3 is 2.77 bits per heavy atom. The maximum absolute atomic E-state index is 6.21. The highest BCUT2D eigenvalue weighted by Gasteiger charge is 2.14. The van der Waals surface area contributed by atoms with Crippen LogP contribution in [0.25, 0.3) is 21.8 Å². The molecule has 0 aliphatic rings. The van der Waals surface area contributed by atoms with Crippen molar-refractivity contribution in [2.45, 2.75) is 6.54 Å². The highest BCUT2D eigenvalue weighted by Crippen LogP contribution is 2.36. The van der Waals surface area contributed by atoms with Gasteiger partial charge in [-0.2, -0.15) is 0 Å². The van der Waals surface area contributed by atoms with E-state index in [4.69, 9.17) is 10.2 Å². The molecule has 4 rings (SSSR count). The number of nitrogens with two attached hydrogens (primary N) is 1. The number of aryl methyl sites for hydroxylation is 1. The third-order valence-electron chi connectivity index (χ3n) is 4.11. The Morgan fingerprint density at radius 2 is 1.95 bits per heavy atom. The van der Waals surface area contributed by atoms with E-state index in [9.17, 15) is 0 Å². The van der Waals surface area contributed by atoms with Crippen LogP contribution in [0.3, 0.4) is 0 Å². The maximum atomic E-state index is 6.21. The molecule has 4 aromatic rings. The van der Waals surface area contributed by atoms with Gasteiger partial charge in [-0.15, -0.1) is 0 Å². The van der Waals surface area contributed by atoms with Gasteiger partial charge in [0.25, 0.3) is 0 Å². The van der Waals surface area contributed by atoms with E-state index >= 15 is 0 Å². The number of aromatic nitrogens is 1. The van der Waals surface area contributed by atoms with Crippen molar-refractivity contribution in [3.8, 4) is 0 Å². The molecule has 0 bridgehead atoms. The summed E-state index contributed by atoms with van der Waals surface area (Å²) in [7, 11) is 2.05. The Labute approximate surface area is 128 Å². The molecule has 0 saturated heterocycles. The maximum Gasteiger partial charge on any atom is 0.122 e. The molecule has 4 heteroatoms. The van der Waals surface area contributed by atoms with Gasteiger partial charge in [0, 0.05) is 29.0 Å². The lowest BCUT2D eigenvalue weighted by atomic mass is 10.1. The van der Waals surface area contributed by atoms with E-state index in [0.29, 0.717) is 6.54 Å². The lowest BCUT2D eigenvalue weighted by Crippen LogP contribution is -2.00. The standard InChI is InChI=1S/C18H17N3O/c1-21-16-7-3-2-6-13(16)17-15(9-8-14(19)18(17)21)20-11-12-5-4-10-22-12/h2-10,20H,11,19H2,1H3. The predicted octanol–water partition coefficient (Wildman–Crippen LogP) is 4.12. The number of nitrogen functional groups attached to an aromatic ring is 1. The van der Waals surface area contributed by atoms with Gasteiger partial charge < -0.3 is 20.0 Å². The van der Waals surface area contributed by atoms with Crippen molar-refractivity contribution in [3.05, 3.63) is 60.6 Å². The quantitative estimate of drug-likeness (QED) is 0.558. The first-order valence-electron chi connectivity index (χ1n) is 7.27. The van der Waals surface area contributed by atoms with E-state index in [1.54, 1.807) is 6.26 Å². The van der Waals surface area contributed by atoms with Crippen molar-refractivity contribution < 1.29 is 4.42 Å². The molecular weight excluding hydrogens is 274 g/mol. The van der Waals surface area contributed by atoms with Crippen molar-refractivity contribution in [3.63, 3.8) is 0 Å². The van der Waals surface area contributed by atoms with E-state index in [0.717, 1.165) is 28.0 Å². The number of benzene rings is 2. The fourth-order valence-corrected chi connectivity index (χ4v) is 3.08. The van der Waals surface area contributed by atoms with Crippen LogP contribution in [0.2, 0.25) is 0 Å². The number of furan rings is 1. The molecule has 0 radical (unpaired) electrons. The van der Waals surface area contributed by atoms with Crippen LogP contribution in [0.4, 0.5) is 11.4 Å². The zero-order valence-electron chi connectivity index (χ0n) is 12.3. The molecule has 110 valence electrons. The number of rotatable bonds is 3. The smallest absolute Gasteiger partial charge is 0.122 e. The summed E-state index contributed by atoms with van der Waals surface area (Å²) in [6.45, 7) is 0.648. The number of hydrogen-bond acceptors (Lipinski definition) is 3. The summed E-state index contributed by atoms with van der Waals surface area (Å²) in [6.07, 6.45) is 1.69. The highest BCUT2D eigenvalue weighted by molar-refractivity contribution is 6.17. The minimum absolute atomic E-state index is 0.648. The molecule has 2 heterocycles. The van der Waals surface area contributed by atoms with Crippen LogP contribution in [0, 0.1) is 0 Å². The van der Waals surface area contributed by atoms with Crippen LogP contribution in [-0.4, -0.2) is 4.57 Å². The van der Waals surface area contributed by atoms with Gasteiger partial charge >= 0.3 is 0 Å². The van der Waals surface area contributed by atoms with Crippen molar-refractivity contribution in [2.24, 2.45) is 7.05 Å². The fraction of sp³-hybridized carbons (Fsp3) is 0.111. The van der Waals surface area contributed by atoms with Crippen LogP contribution in [0.5, 0.6) is 0 Å². The Kier molecular flexibility index (Phi) is 2.82. The van der Waals surface area contributed by atoms with Crippen molar-refractivity contribution >= 4 is 33.2 Å². The number of nitrogens with zero attached hydrogens (tertiary/aromatic N) is 1. The van der Waals surface area contributed by atoms with Gasteiger partial charge in [0.1, 0.15) is 5.76 Å². The molecule has 0 amide bonds. The van der Waals surface area contributed by atoms with Crippen LogP contribution in [0.1, 0.15) is 5.76 Å². The molecule has 3 N–H and O–H groups in total. The first kappa shape index (κ1) is 12.8. The first-order valence-corrected chi connectivity index (χ1v) is 7.27. The largest absolute Gasteiger partial charge is 0.467 e. The summed E-state index contributed by atoms with van der Waals surface area (Å²) in [5, 5.41) is 5.82. The van der Waals surface area contributed by atoms with Crippen LogP contribution >= 0.6 is 0 Å². The van der Waals surface area contributed by atoms with E-state index in [-0.39, 0.29) is 0 Å². The second kappa shape index (κ2) is 4.84. The summed E-state index contributed by atoms with van der Waals surface area (Å²) in [4.78, 5) is 0. The molecule has 4 nitrogen and oxygen atoms in total. The van der Waals surface area contributed by atoms with Gasteiger partial charge in [-0.05, 0) is 30.3 Å². The summed E-state index contributed by atoms with van der Waals surface area (Å²) in [5.74, 6) is 0.908. The highest BCUT2D eigenvalue weighted by atomic mass is 16.3. The normalized spacial score (nSPS) is 11.3. The topological polar surface area (TPSA) is 56.1 Å². The third kappa shape index (κ3) is 1.84. The first-order chi connectivity index (χ1) is 10.8. The van der Waals surface area contributed by atoms with Gasteiger partial charge in [0.15, 0.2) is 0 Å². The molecule has 0 aliphatic heterocycles. The molecular formula is C18H17N3O. The summed E-state index contributed by atoms with van der Waals surface area (Å²) in [6, 6.07) is 16.2. The molecule has 0 fully saturated rings. The fourth-order valence-electron chi connectivity index (χ4n) is 3.08. The van der Waals surface area contributed by atoms with Crippen LogP contribution in [-0.2, 0) is 13.6 Å². The van der Waals surface area contributed by atoms with Crippen LogP contribution in [0.15, 0.2) is 59.2 Å². The molecule has 0 unspecified atom stereocenters. The van der Waals surface area contributed by atoms with E-state index in [1.807, 2.05) is 30.3 Å². The zero-order valence-corrected chi connectivity index (χ0v) is 12.3. The molecule has 22 heavy (non-hydrogen) atoms. The monoisotopic (exact) mass is 291 g/mol. The van der Waals surface area contributed by atoms with E-state index in [1.165, 1.54) is 10.9 Å². The van der Waals surface area contributed by atoms with Crippen molar-refractivity contribution in [1.29, 1.82) is 0 Å². The van der Waals surface area contributed by atoms with Gasteiger partial charge in [-0.3, -0.25) is 0 Å². The number of para-hydroxylation sites is 1. The predicted molar refractivity (Wildman–Crippen MR) is 90.9 cm³/mol. The van der Waals surface area contributed by atoms with Crippen LogP contribution < -0.4 is 11.1 Å². The average Bonchev–Trinajstić information content (AvgIpc) is 3.15. The third-order valence-corrected chi connectivity index (χ3v) is 4.11. The SMILES string of the molecule is Cn1c2ccccc2c2c(NCc3ccco3)ccc(N)c21. The Balaban J connectivity index is 1.91. The summed E-state index contributed by atoms with van der Waals surface area (Å²) < 4.78 is 7.54. The van der Waals surface area contributed by atoms with Gasteiger partial charge in [0.05, 0.1) is 24.0 Å². The molecule has 0 spiro atoms. The molecule has 0 saturated carbocycles. The van der Waals surface area contributed by atoms with E-state index < -0.39 is 0 Å². The minimum atomic E-state index is 0.648. The molecule has 2 aromatic carbocycles. The second-order valence-corrected chi connectivity index (χ2v) is 5.44. The number of fused-ring (bicyclic) bond motifs is 3. The molecule has 0 aliphatic carbocycles. The Hall–Kier alpha value is -2.88. The zero-order chi connectivity index (χ0) is 15.1. The lowest BCUT2D eigenvalue weighted by Gasteiger charge is -2.09. The molecule has 2 aromatic heterocycles. The number of hydrogen-bond donors (Lipinski definition) is 2. The average molecular weight is 291 g/mol. The number of anilines is 2.